The van der Waals surface area contributed by atoms with Crippen molar-refractivity contribution in [3.63, 3.8) is 0 Å². The van der Waals surface area contributed by atoms with E-state index in [2.05, 4.69) is 8.83 Å². The molecule has 0 aromatic carbocycles. The monoisotopic (exact) mass is 215 g/mol. The van der Waals surface area contributed by atoms with Crippen LogP contribution in [0.1, 0.15) is 6.92 Å². The second kappa shape index (κ2) is 5.54. The summed E-state index contributed by atoms with van der Waals surface area (Å²) in [6.45, 7) is 1.55. The van der Waals surface area contributed by atoms with E-state index < -0.39 is 16.1 Å². The first-order valence-corrected chi connectivity index (χ1v) is 5.55. The van der Waals surface area contributed by atoms with Crippen LogP contribution in [-0.2, 0) is 18.0 Å². The second-order valence-electron chi connectivity index (χ2n) is 1.65. The molecule has 2 N–H and O–H groups in total. The lowest BCUT2D eigenvalue weighted by Crippen LogP contribution is -1.89. The van der Waals surface area contributed by atoms with Gasteiger partial charge in [-0.1, -0.05) is 12.2 Å². The Kier molecular flexibility index (Phi) is 5.50. The number of rotatable bonds is 5. The zero-order chi connectivity index (χ0) is 9.61. The predicted molar refractivity (Wildman–Crippen MR) is 41.5 cm³/mol. The fourth-order valence-corrected chi connectivity index (χ4v) is 1.51. The molecule has 0 rings (SSSR count). The molecule has 0 aromatic heterocycles. The lowest BCUT2D eigenvalue weighted by Gasteiger charge is -2.00. The molecule has 0 spiro atoms. The van der Waals surface area contributed by atoms with Crippen molar-refractivity contribution in [2.24, 2.45) is 0 Å². The van der Waals surface area contributed by atoms with Crippen LogP contribution in [0.2, 0.25) is 0 Å². The van der Waals surface area contributed by atoms with E-state index in [1.54, 1.807) is 13.0 Å². The summed E-state index contributed by atoms with van der Waals surface area (Å²) in [6, 6.07) is 0. The van der Waals surface area contributed by atoms with Gasteiger partial charge in [0.2, 0.25) is 0 Å². The van der Waals surface area contributed by atoms with E-state index in [4.69, 9.17) is 9.79 Å². The molecule has 12 heavy (non-hydrogen) atoms. The highest BCUT2D eigenvalue weighted by Gasteiger charge is 2.33. The van der Waals surface area contributed by atoms with Crippen molar-refractivity contribution in [1.82, 2.24) is 0 Å². The lowest BCUT2D eigenvalue weighted by atomic mass is 10.6. The average molecular weight is 215 g/mol. The smallest absolute Gasteiger partial charge is 0.300 e. The first-order valence-electron chi connectivity index (χ1n) is 2.92. The van der Waals surface area contributed by atoms with E-state index in [1.165, 1.54) is 6.08 Å². The van der Waals surface area contributed by atoms with Crippen LogP contribution in [0, 0.1) is 0 Å². The molecular formula is C4H9O6P2+. The summed E-state index contributed by atoms with van der Waals surface area (Å²) < 4.78 is 28.5. The van der Waals surface area contributed by atoms with Crippen molar-refractivity contribution < 1.29 is 27.8 Å². The molecule has 0 radical (unpaired) electrons. The predicted octanol–water partition coefficient (Wildman–Crippen LogP) is 1.35. The molecule has 6 nitrogen and oxygen atoms in total. The molecule has 0 saturated carbocycles. The normalized spacial score (nSPS) is 17.8. The minimum atomic E-state index is -4.36. The Hall–Kier alpha value is -0.0900. The molecule has 0 aliphatic rings. The number of hydrogen-bond donors (Lipinski definition) is 2. The Bertz CT molecular complexity index is 224. The largest absolute Gasteiger partial charge is 0.705 e. The second-order valence-corrected chi connectivity index (χ2v) is 3.98. The molecule has 0 bridgehead atoms. The third kappa shape index (κ3) is 6.61. The summed E-state index contributed by atoms with van der Waals surface area (Å²) in [5.74, 6) is 0. The van der Waals surface area contributed by atoms with E-state index in [-0.39, 0.29) is 6.61 Å². The fourth-order valence-electron chi connectivity index (χ4n) is 0.345. The van der Waals surface area contributed by atoms with Crippen molar-refractivity contribution in [3.05, 3.63) is 12.2 Å². The van der Waals surface area contributed by atoms with Crippen LogP contribution in [0.5, 0.6) is 0 Å². The first kappa shape index (κ1) is 11.9. The molecule has 0 aliphatic heterocycles. The van der Waals surface area contributed by atoms with Crippen LogP contribution >= 0.6 is 16.1 Å². The van der Waals surface area contributed by atoms with Gasteiger partial charge in [0.25, 0.3) is 0 Å². The molecule has 0 fully saturated rings. The van der Waals surface area contributed by atoms with Gasteiger partial charge in [-0.05, 0) is 11.2 Å². The topological polar surface area (TPSA) is 93.1 Å². The van der Waals surface area contributed by atoms with Crippen molar-refractivity contribution >= 4 is 16.1 Å². The Labute approximate surface area is 70.4 Å². The van der Waals surface area contributed by atoms with Gasteiger partial charge in [0, 0.05) is 4.57 Å². The molecule has 70 valence electrons. The van der Waals surface area contributed by atoms with Gasteiger partial charge in [-0.2, -0.15) is 0 Å². The first-order chi connectivity index (χ1) is 5.48. The summed E-state index contributed by atoms with van der Waals surface area (Å²) in [4.78, 5) is 16.7. The maximum absolute atomic E-state index is 10.6. The van der Waals surface area contributed by atoms with Crippen molar-refractivity contribution in [2.75, 3.05) is 6.61 Å². The molecule has 0 heterocycles. The fraction of sp³-hybridized carbons (Fsp3) is 0.500. The van der Waals surface area contributed by atoms with Gasteiger partial charge in [-0.25, -0.2) is 4.57 Å². The Morgan fingerprint density at radius 2 is 2.25 bits per heavy atom. The van der Waals surface area contributed by atoms with Crippen LogP contribution in [0.4, 0.5) is 0 Å². The molecule has 8 heteroatoms. The van der Waals surface area contributed by atoms with E-state index in [0.29, 0.717) is 0 Å². The summed E-state index contributed by atoms with van der Waals surface area (Å²) in [6.07, 6.45) is 3.05. The third-order valence-corrected chi connectivity index (χ3v) is 2.60. The zero-order valence-corrected chi connectivity index (χ0v) is 8.07. The van der Waals surface area contributed by atoms with Gasteiger partial charge in [-0.15, -0.1) is 4.89 Å². The van der Waals surface area contributed by atoms with Gasteiger partial charge < -0.3 is 0 Å². The highest BCUT2D eigenvalue weighted by molar-refractivity contribution is 7.55. The lowest BCUT2D eigenvalue weighted by molar-refractivity contribution is 0.218. The van der Waals surface area contributed by atoms with Crippen molar-refractivity contribution in [1.29, 1.82) is 0 Å². The minimum Gasteiger partial charge on any atom is -0.300 e. The number of allylic oxidation sites excluding steroid dienone is 1. The minimum absolute atomic E-state index is 0.145. The van der Waals surface area contributed by atoms with Crippen LogP contribution < -0.4 is 0 Å². The maximum Gasteiger partial charge on any atom is 0.705 e. The van der Waals surface area contributed by atoms with Crippen LogP contribution in [0.3, 0.4) is 0 Å². The molecule has 2 unspecified atom stereocenters. The van der Waals surface area contributed by atoms with E-state index in [1.807, 2.05) is 0 Å². The summed E-state index contributed by atoms with van der Waals surface area (Å²) in [7, 11) is -7.48. The summed E-state index contributed by atoms with van der Waals surface area (Å²) >= 11 is 0. The van der Waals surface area contributed by atoms with Gasteiger partial charge in [0.15, 0.2) is 0 Å². The third-order valence-electron chi connectivity index (χ3n) is 0.743. The van der Waals surface area contributed by atoms with E-state index in [9.17, 15) is 9.13 Å². The molecule has 2 atom stereocenters. The van der Waals surface area contributed by atoms with Crippen molar-refractivity contribution in [3.8, 4) is 0 Å². The molecule has 0 aromatic rings. The number of phosphoric acid groups is 1. The quantitative estimate of drug-likeness (QED) is 0.531. The average Bonchev–Trinajstić information content (AvgIpc) is 1.84. The standard InChI is InChI=1S/C4H8O6P2/c1-2-3-4-9-12(7,8)10-11(5)6/h2-3H,4H2,1H3,(H-,5,6,7,8)/p+1/b3-2+. The molecule has 0 aliphatic carbocycles. The summed E-state index contributed by atoms with van der Waals surface area (Å²) in [5, 5.41) is 0. The molecular weight excluding hydrogens is 206 g/mol. The highest BCUT2D eigenvalue weighted by atomic mass is 31.2. The Morgan fingerprint density at radius 3 is 2.67 bits per heavy atom. The SMILES string of the molecule is C/C=C/COP(=O)(O)O[P+](=O)O. The zero-order valence-electron chi connectivity index (χ0n) is 6.28. The molecule has 0 saturated heterocycles. The summed E-state index contributed by atoms with van der Waals surface area (Å²) in [5.41, 5.74) is 0. The van der Waals surface area contributed by atoms with E-state index in [0.717, 1.165) is 0 Å². The van der Waals surface area contributed by atoms with Crippen LogP contribution in [0.25, 0.3) is 0 Å². The van der Waals surface area contributed by atoms with Crippen LogP contribution in [0.15, 0.2) is 12.2 Å². The van der Waals surface area contributed by atoms with E-state index >= 15 is 0 Å². The van der Waals surface area contributed by atoms with Gasteiger partial charge >= 0.3 is 16.1 Å². The van der Waals surface area contributed by atoms with Crippen molar-refractivity contribution in [2.45, 2.75) is 6.92 Å². The Morgan fingerprint density at radius 1 is 1.67 bits per heavy atom. The van der Waals surface area contributed by atoms with Gasteiger partial charge in [0.05, 0.1) is 6.61 Å². The van der Waals surface area contributed by atoms with Gasteiger partial charge in [-0.3, -0.25) is 9.42 Å². The highest BCUT2D eigenvalue weighted by Crippen LogP contribution is 2.50. The number of phosphoric ester groups is 1. The maximum atomic E-state index is 10.6. The molecule has 0 amide bonds. The van der Waals surface area contributed by atoms with Crippen LogP contribution in [-0.4, -0.2) is 16.4 Å². The van der Waals surface area contributed by atoms with Gasteiger partial charge in [0.1, 0.15) is 0 Å². The Balaban J connectivity index is 3.87. The number of hydrogen-bond acceptors (Lipinski definition) is 4.